The molecule has 1 N–H and O–H groups in total. The van der Waals surface area contributed by atoms with Crippen molar-refractivity contribution in [2.75, 3.05) is 14.2 Å². The number of methoxy groups -OCH3 is 2. The molecule has 0 amide bonds. The maximum Gasteiger partial charge on any atom is 0.164 e. The van der Waals surface area contributed by atoms with Crippen molar-refractivity contribution in [1.82, 2.24) is 15.0 Å². The minimum absolute atomic E-state index is 0.0136. The minimum Gasteiger partial charge on any atom is -0.504 e. The van der Waals surface area contributed by atoms with Crippen LogP contribution in [0.2, 0.25) is 0 Å². The predicted molar refractivity (Wildman–Crippen MR) is 100 cm³/mol. The number of aromatic nitrogens is 3. The van der Waals surface area contributed by atoms with Crippen molar-refractivity contribution in [3.05, 3.63) is 48.2 Å². The van der Waals surface area contributed by atoms with E-state index in [2.05, 4.69) is 41.5 Å². The highest BCUT2D eigenvalue weighted by molar-refractivity contribution is 5.65. The Hall–Kier alpha value is -3.02. The topological polar surface area (TPSA) is 69.4 Å². The molecule has 0 radical (unpaired) electrons. The largest absolute Gasteiger partial charge is 0.504 e. The van der Waals surface area contributed by atoms with E-state index in [1.165, 1.54) is 25.5 Å². The van der Waals surface area contributed by atoms with Crippen LogP contribution in [0.3, 0.4) is 0 Å². The first-order valence-electron chi connectivity index (χ1n) is 8.63. The van der Waals surface area contributed by atoms with Crippen LogP contribution < -0.4 is 9.47 Å². The number of phenolic OH excluding ortho intramolecular Hbond substituents is 1. The molecule has 0 saturated carbocycles. The van der Waals surface area contributed by atoms with Crippen LogP contribution >= 0.6 is 0 Å². The minimum atomic E-state index is 0.0136. The first-order chi connectivity index (χ1) is 12.7. The molecule has 1 aromatic heterocycles. The number of hydrogen-bond donors (Lipinski definition) is 1. The maximum absolute atomic E-state index is 10.1. The van der Waals surface area contributed by atoms with E-state index in [0.717, 1.165) is 17.7 Å². The van der Waals surface area contributed by atoms with Crippen LogP contribution in [-0.2, 0) is 6.42 Å². The Kier molecular flexibility index (Phi) is 5.41. The molecule has 0 fully saturated rings. The molecule has 3 aromatic rings. The van der Waals surface area contributed by atoms with Crippen molar-refractivity contribution < 1.29 is 14.6 Å². The highest BCUT2D eigenvalue weighted by Gasteiger charge is 2.16. The third-order valence-electron chi connectivity index (χ3n) is 4.33. The molecular weight excluding hydrogens is 330 g/mol. The highest BCUT2D eigenvalue weighted by atomic mass is 16.5. The molecule has 0 atom stereocenters. The molecule has 26 heavy (non-hydrogen) atoms. The van der Waals surface area contributed by atoms with Crippen molar-refractivity contribution in [2.45, 2.75) is 26.2 Å². The number of nitrogens with zero attached hydrogens (tertiary/aromatic N) is 3. The summed E-state index contributed by atoms with van der Waals surface area (Å²) in [7, 11) is 3.06. The quantitative estimate of drug-likeness (QED) is 0.695. The van der Waals surface area contributed by atoms with Gasteiger partial charge in [0.1, 0.15) is 11.4 Å². The van der Waals surface area contributed by atoms with Gasteiger partial charge in [-0.05, 0) is 18.4 Å². The molecule has 6 heteroatoms. The summed E-state index contributed by atoms with van der Waals surface area (Å²) in [4.78, 5) is 0. The van der Waals surface area contributed by atoms with Gasteiger partial charge in [0.2, 0.25) is 0 Å². The third-order valence-corrected chi connectivity index (χ3v) is 4.33. The fourth-order valence-corrected chi connectivity index (χ4v) is 2.86. The van der Waals surface area contributed by atoms with Gasteiger partial charge in [-0.25, -0.2) is 4.68 Å². The SMILES string of the molecule is CCCCc1ccc(-c2cnnn2-c2cc(O)c(OC)cc2OC)cc1. The van der Waals surface area contributed by atoms with Gasteiger partial charge in [0.15, 0.2) is 11.5 Å². The summed E-state index contributed by atoms with van der Waals surface area (Å²) in [6.07, 6.45) is 5.14. The van der Waals surface area contributed by atoms with Gasteiger partial charge in [0.05, 0.1) is 26.1 Å². The van der Waals surface area contributed by atoms with Crippen molar-refractivity contribution in [1.29, 1.82) is 0 Å². The molecule has 0 spiro atoms. The Labute approximate surface area is 153 Å². The molecule has 1 heterocycles. The number of benzene rings is 2. The van der Waals surface area contributed by atoms with Crippen LogP contribution in [0.1, 0.15) is 25.3 Å². The number of phenols is 1. The number of aryl methyl sites for hydroxylation is 1. The smallest absolute Gasteiger partial charge is 0.164 e. The van der Waals surface area contributed by atoms with Gasteiger partial charge in [0, 0.05) is 17.7 Å². The first kappa shape index (κ1) is 17.8. The molecule has 0 unspecified atom stereocenters. The van der Waals surface area contributed by atoms with E-state index in [1.807, 2.05) is 0 Å². The summed E-state index contributed by atoms with van der Waals surface area (Å²) in [5.74, 6) is 0.887. The van der Waals surface area contributed by atoms with E-state index in [1.54, 1.807) is 30.1 Å². The van der Waals surface area contributed by atoms with Crippen molar-refractivity contribution in [2.24, 2.45) is 0 Å². The zero-order chi connectivity index (χ0) is 18.5. The Morgan fingerprint density at radius 3 is 2.42 bits per heavy atom. The van der Waals surface area contributed by atoms with Crippen molar-refractivity contribution >= 4 is 0 Å². The zero-order valence-electron chi connectivity index (χ0n) is 15.3. The molecule has 0 bridgehead atoms. The Bertz CT molecular complexity index is 873. The van der Waals surface area contributed by atoms with Crippen LogP contribution in [0, 0.1) is 0 Å². The van der Waals surface area contributed by atoms with Crippen LogP contribution in [0.5, 0.6) is 17.2 Å². The van der Waals surface area contributed by atoms with Crippen LogP contribution in [-0.4, -0.2) is 34.3 Å². The molecule has 2 aromatic carbocycles. The number of rotatable bonds is 7. The zero-order valence-corrected chi connectivity index (χ0v) is 15.3. The predicted octanol–water partition coefficient (Wildman–Crippen LogP) is 4.00. The first-order valence-corrected chi connectivity index (χ1v) is 8.63. The number of unbranched alkanes of at least 4 members (excludes halogenated alkanes) is 1. The Morgan fingerprint density at radius 1 is 1.04 bits per heavy atom. The third kappa shape index (κ3) is 3.49. The lowest BCUT2D eigenvalue weighted by atomic mass is 10.0. The van der Waals surface area contributed by atoms with Gasteiger partial charge >= 0.3 is 0 Å². The lowest BCUT2D eigenvalue weighted by Gasteiger charge is -2.13. The highest BCUT2D eigenvalue weighted by Crippen LogP contribution is 2.37. The van der Waals surface area contributed by atoms with E-state index >= 15 is 0 Å². The van der Waals surface area contributed by atoms with Crippen LogP contribution in [0.25, 0.3) is 16.9 Å². The lowest BCUT2D eigenvalue weighted by molar-refractivity contribution is 0.363. The number of hydrogen-bond acceptors (Lipinski definition) is 5. The average molecular weight is 353 g/mol. The van der Waals surface area contributed by atoms with Crippen LogP contribution in [0.15, 0.2) is 42.6 Å². The van der Waals surface area contributed by atoms with Crippen molar-refractivity contribution in [3.63, 3.8) is 0 Å². The number of ether oxygens (including phenoxy) is 2. The van der Waals surface area contributed by atoms with E-state index in [-0.39, 0.29) is 5.75 Å². The molecule has 0 aliphatic rings. The summed E-state index contributed by atoms with van der Waals surface area (Å²) in [5.41, 5.74) is 3.71. The molecule has 0 saturated heterocycles. The fraction of sp³-hybridized carbons (Fsp3) is 0.300. The van der Waals surface area contributed by atoms with Crippen LogP contribution in [0.4, 0.5) is 0 Å². The second kappa shape index (κ2) is 7.91. The molecule has 0 aliphatic carbocycles. The molecule has 0 aliphatic heterocycles. The second-order valence-corrected chi connectivity index (χ2v) is 6.03. The van der Waals surface area contributed by atoms with E-state index in [0.29, 0.717) is 17.2 Å². The van der Waals surface area contributed by atoms with Gasteiger partial charge in [-0.1, -0.05) is 42.8 Å². The molecule has 6 nitrogen and oxygen atoms in total. The Morgan fingerprint density at radius 2 is 1.77 bits per heavy atom. The lowest BCUT2D eigenvalue weighted by Crippen LogP contribution is -2.03. The monoisotopic (exact) mass is 353 g/mol. The number of aromatic hydroxyl groups is 1. The average Bonchev–Trinajstić information content (AvgIpc) is 3.16. The standard InChI is InChI=1S/C20H23N3O3/c1-4-5-6-14-7-9-15(10-8-14)17-13-21-22-23(17)16-11-18(24)20(26-3)12-19(16)25-2/h7-13,24H,4-6H2,1-3H3. The van der Waals surface area contributed by atoms with Gasteiger partial charge in [-0.3, -0.25) is 0 Å². The summed E-state index contributed by atoms with van der Waals surface area (Å²) in [6.45, 7) is 2.19. The summed E-state index contributed by atoms with van der Waals surface area (Å²) in [5, 5.41) is 18.4. The molecule has 136 valence electrons. The second-order valence-electron chi connectivity index (χ2n) is 6.03. The van der Waals surface area contributed by atoms with Gasteiger partial charge in [-0.2, -0.15) is 0 Å². The van der Waals surface area contributed by atoms with Gasteiger partial charge < -0.3 is 14.6 Å². The van der Waals surface area contributed by atoms with Crippen molar-refractivity contribution in [3.8, 4) is 34.2 Å². The van der Waals surface area contributed by atoms with E-state index < -0.39 is 0 Å². The molecular formula is C20H23N3O3. The summed E-state index contributed by atoms with van der Waals surface area (Å²) in [6, 6.07) is 11.6. The van der Waals surface area contributed by atoms with Gasteiger partial charge in [0.25, 0.3) is 0 Å². The van der Waals surface area contributed by atoms with E-state index in [9.17, 15) is 5.11 Å². The normalized spacial score (nSPS) is 10.7. The fourth-order valence-electron chi connectivity index (χ4n) is 2.86. The molecule has 3 rings (SSSR count). The summed E-state index contributed by atoms with van der Waals surface area (Å²) < 4.78 is 12.2. The summed E-state index contributed by atoms with van der Waals surface area (Å²) >= 11 is 0. The Balaban J connectivity index is 2.00. The maximum atomic E-state index is 10.1. The van der Waals surface area contributed by atoms with E-state index in [4.69, 9.17) is 9.47 Å². The van der Waals surface area contributed by atoms with Gasteiger partial charge in [-0.15, -0.1) is 5.10 Å².